The van der Waals surface area contributed by atoms with Crippen molar-refractivity contribution in [1.29, 1.82) is 0 Å². The SMILES string of the molecule is CCCCCCCCCCCCCC(CCC)C(N)(CCCC)CCCC. The average Bonchev–Trinajstić information content (AvgIpc) is 2.68. The van der Waals surface area contributed by atoms with Crippen LogP contribution in [0.2, 0.25) is 0 Å². The highest BCUT2D eigenvalue weighted by Crippen LogP contribution is 2.34. The molecular weight excluding hydrogens is 326 g/mol. The predicted molar refractivity (Wildman–Crippen MR) is 125 cm³/mol. The van der Waals surface area contributed by atoms with Crippen LogP contribution in [0.15, 0.2) is 0 Å². The fourth-order valence-corrected chi connectivity index (χ4v) is 4.67. The highest BCUT2D eigenvalue weighted by atomic mass is 14.8. The zero-order chi connectivity index (χ0) is 20.2. The zero-order valence-corrected chi connectivity index (χ0v) is 19.8. The largest absolute Gasteiger partial charge is 0.325 e. The van der Waals surface area contributed by atoms with Crippen molar-refractivity contribution in [2.24, 2.45) is 11.7 Å². The lowest BCUT2D eigenvalue weighted by Gasteiger charge is -2.38. The van der Waals surface area contributed by atoms with Gasteiger partial charge in [0.05, 0.1) is 0 Å². The molecule has 27 heavy (non-hydrogen) atoms. The Balaban J connectivity index is 4.03. The first-order valence-corrected chi connectivity index (χ1v) is 12.9. The van der Waals surface area contributed by atoms with Gasteiger partial charge in [-0.3, -0.25) is 0 Å². The van der Waals surface area contributed by atoms with Crippen LogP contribution < -0.4 is 5.73 Å². The number of rotatable bonds is 21. The minimum atomic E-state index is 0.112. The van der Waals surface area contributed by atoms with Crippen LogP contribution in [0.25, 0.3) is 0 Å². The summed E-state index contributed by atoms with van der Waals surface area (Å²) in [6.07, 6.45) is 27.4. The van der Waals surface area contributed by atoms with E-state index in [0.29, 0.717) is 0 Å². The van der Waals surface area contributed by atoms with E-state index in [-0.39, 0.29) is 5.54 Å². The third-order valence-electron chi connectivity index (χ3n) is 6.60. The molecule has 2 N–H and O–H groups in total. The summed E-state index contributed by atoms with van der Waals surface area (Å²) in [5, 5.41) is 0. The van der Waals surface area contributed by atoms with Crippen molar-refractivity contribution in [2.75, 3.05) is 0 Å². The van der Waals surface area contributed by atoms with Crippen LogP contribution in [-0.2, 0) is 0 Å². The minimum absolute atomic E-state index is 0.112. The van der Waals surface area contributed by atoms with Crippen molar-refractivity contribution in [2.45, 2.75) is 162 Å². The Morgan fingerprint density at radius 3 is 1.30 bits per heavy atom. The summed E-state index contributed by atoms with van der Waals surface area (Å²) in [6, 6.07) is 0. The van der Waals surface area contributed by atoms with E-state index in [4.69, 9.17) is 5.73 Å². The Hall–Kier alpha value is -0.0400. The maximum absolute atomic E-state index is 7.03. The molecule has 0 aromatic rings. The Bertz CT molecular complexity index is 278. The molecule has 0 aromatic heterocycles. The summed E-state index contributed by atoms with van der Waals surface area (Å²) < 4.78 is 0. The monoisotopic (exact) mass is 381 g/mol. The molecule has 1 unspecified atom stereocenters. The second-order valence-electron chi connectivity index (χ2n) is 9.25. The van der Waals surface area contributed by atoms with Gasteiger partial charge in [0.15, 0.2) is 0 Å². The third-order valence-corrected chi connectivity index (χ3v) is 6.60. The van der Waals surface area contributed by atoms with Crippen molar-refractivity contribution in [1.82, 2.24) is 0 Å². The fourth-order valence-electron chi connectivity index (χ4n) is 4.67. The van der Waals surface area contributed by atoms with Crippen molar-refractivity contribution >= 4 is 0 Å². The van der Waals surface area contributed by atoms with Gasteiger partial charge in [0.25, 0.3) is 0 Å². The van der Waals surface area contributed by atoms with E-state index < -0.39 is 0 Å². The molecule has 0 aliphatic carbocycles. The second kappa shape index (κ2) is 19.3. The fraction of sp³-hybridized carbons (Fsp3) is 1.00. The smallest absolute Gasteiger partial charge is 0.0182 e. The van der Waals surface area contributed by atoms with Crippen LogP contribution in [0.4, 0.5) is 0 Å². The molecule has 0 radical (unpaired) electrons. The van der Waals surface area contributed by atoms with E-state index in [1.807, 2.05) is 0 Å². The standard InChI is InChI=1S/C26H55N/c1-5-9-12-13-14-15-16-17-18-19-20-22-25(21-8-4)26(27,23-10-6-2)24-11-7-3/h25H,5-24,27H2,1-4H3. The predicted octanol–water partition coefficient (Wildman–Crippen LogP) is 9.18. The van der Waals surface area contributed by atoms with E-state index in [1.165, 1.54) is 128 Å². The molecule has 0 saturated heterocycles. The zero-order valence-electron chi connectivity index (χ0n) is 19.8. The molecule has 1 atom stereocenters. The van der Waals surface area contributed by atoms with E-state index >= 15 is 0 Å². The molecule has 0 saturated carbocycles. The first-order valence-electron chi connectivity index (χ1n) is 12.9. The van der Waals surface area contributed by atoms with E-state index in [0.717, 1.165) is 5.92 Å². The highest BCUT2D eigenvalue weighted by Gasteiger charge is 2.32. The maximum atomic E-state index is 7.03. The summed E-state index contributed by atoms with van der Waals surface area (Å²) in [5.74, 6) is 0.749. The second-order valence-corrected chi connectivity index (χ2v) is 9.25. The summed E-state index contributed by atoms with van der Waals surface area (Å²) >= 11 is 0. The van der Waals surface area contributed by atoms with Gasteiger partial charge in [0.2, 0.25) is 0 Å². The molecule has 0 heterocycles. The first kappa shape index (κ1) is 27.0. The quantitative estimate of drug-likeness (QED) is 0.197. The van der Waals surface area contributed by atoms with Gasteiger partial charge in [-0.1, -0.05) is 130 Å². The van der Waals surface area contributed by atoms with Crippen molar-refractivity contribution in [3.05, 3.63) is 0 Å². The summed E-state index contributed by atoms with van der Waals surface area (Å²) in [6.45, 7) is 9.25. The summed E-state index contributed by atoms with van der Waals surface area (Å²) in [4.78, 5) is 0. The van der Waals surface area contributed by atoms with Gasteiger partial charge in [0, 0.05) is 5.54 Å². The van der Waals surface area contributed by atoms with E-state index in [1.54, 1.807) is 0 Å². The maximum Gasteiger partial charge on any atom is 0.0182 e. The first-order chi connectivity index (χ1) is 13.1. The molecule has 0 aliphatic rings. The molecule has 0 bridgehead atoms. The van der Waals surface area contributed by atoms with Gasteiger partial charge in [-0.15, -0.1) is 0 Å². The van der Waals surface area contributed by atoms with Crippen LogP contribution in [0.3, 0.4) is 0 Å². The molecule has 0 spiro atoms. The lowest BCUT2D eigenvalue weighted by molar-refractivity contribution is 0.195. The molecule has 0 rings (SSSR count). The minimum Gasteiger partial charge on any atom is -0.325 e. The van der Waals surface area contributed by atoms with Crippen LogP contribution in [0, 0.1) is 5.92 Å². The van der Waals surface area contributed by atoms with Gasteiger partial charge in [0.1, 0.15) is 0 Å². The molecule has 164 valence electrons. The Kier molecular flexibility index (Phi) is 19.3. The van der Waals surface area contributed by atoms with Crippen molar-refractivity contribution in [3.63, 3.8) is 0 Å². The Labute approximate surface area is 173 Å². The van der Waals surface area contributed by atoms with Gasteiger partial charge in [-0.25, -0.2) is 0 Å². The molecule has 0 fully saturated rings. The van der Waals surface area contributed by atoms with Crippen molar-refractivity contribution in [3.8, 4) is 0 Å². The van der Waals surface area contributed by atoms with Crippen LogP contribution >= 0.6 is 0 Å². The van der Waals surface area contributed by atoms with E-state index in [2.05, 4.69) is 27.7 Å². The number of nitrogens with two attached hydrogens (primary N) is 1. The van der Waals surface area contributed by atoms with Crippen LogP contribution in [0.1, 0.15) is 156 Å². The number of hydrogen-bond acceptors (Lipinski definition) is 1. The Morgan fingerprint density at radius 2 is 0.889 bits per heavy atom. The summed E-state index contributed by atoms with van der Waals surface area (Å²) in [7, 11) is 0. The van der Waals surface area contributed by atoms with Crippen molar-refractivity contribution < 1.29 is 0 Å². The summed E-state index contributed by atoms with van der Waals surface area (Å²) in [5.41, 5.74) is 7.14. The van der Waals surface area contributed by atoms with Gasteiger partial charge in [-0.2, -0.15) is 0 Å². The van der Waals surface area contributed by atoms with Gasteiger partial charge in [-0.05, 0) is 31.6 Å². The molecule has 0 amide bonds. The van der Waals surface area contributed by atoms with Gasteiger partial charge >= 0.3 is 0 Å². The highest BCUT2D eigenvalue weighted by molar-refractivity contribution is 4.91. The molecule has 1 nitrogen and oxygen atoms in total. The number of unbranched alkanes of at least 4 members (excludes halogenated alkanes) is 12. The third kappa shape index (κ3) is 14.6. The lowest BCUT2D eigenvalue weighted by atomic mass is 9.72. The average molecular weight is 382 g/mol. The normalized spacial score (nSPS) is 13.2. The van der Waals surface area contributed by atoms with Crippen LogP contribution in [0.5, 0.6) is 0 Å². The molecule has 0 aromatic carbocycles. The topological polar surface area (TPSA) is 26.0 Å². The number of hydrogen-bond donors (Lipinski definition) is 1. The Morgan fingerprint density at radius 1 is 0.481 bits per heavy atom. The van der Waals surface area contributed by atoms with Gasteiger partial charge < -0.3 is 5.73 Å². The molecular formula is C26H55N. The molecule has 0 aliphatic heterocycles. The lowest BCUT2D eigenvalue weighted by Crippen LogP contribution is -2.47. The van der Waals surface area contributed by atoms with E-state index in [9.17, 15) is 0 Å². The molecule has 1 heteroatoms. The van der Waals surface area contributed by atoms with Crippen LogP contribution in [-0.4, -0.2) is 5.54 Å².